The highest BCUT2D eigenvalue weighted by Gasteiger charge is 2.29. The van der Waals surface area contributed by atoms with Gasteiger partial charge in [0.1, 0.15) is 0 Å². The lowest BCUT2D eigenvalue weighted by Crippen LogP contribution is -2.38. The van der Waals surface area contributed by atoms with E-state index in [0.29, 0.717) is 0 Å². The molecule has 0 aromatic heterocycles. The van der Waals surface area contributed by atoms with E-state index in [1.807, 2.05) is 0 Å². The molecule has 0 amide bonds. The normalized spacial score (nSPS) is 18.0. The van der Waals surface area contributed by atoms with Crippen molar-refractivity contribution in [1.29, 1.82) is 0 Å². The average molecular weight is 335 g/mol. The van der Waals surface area contributed by atoms with Gasteiger partial charge in [-0.15, -0.1) is 3.89 Å². The van der Waals surface area contributed by atoms with Gasteiger partial charge in [0.05, 0.1) is 9.79 Å². The fourth-order valence-corrected chi connectivity index (χ4v) is 4.64. The van der Waals surface area contributed by atoms with Crippen LogP contribution in [0.15, 0.2) is 34.1 Å². The number of nitrogens with zero attached hydrogens (tertiary/aromatic N) is 1. The maximum atomic E-state index is 13.0. The van der Waals surface area contributed by atoms with Gasteiger partial charge in [-0.1, -0.05) is 25.3 Å². The van der Waals surface area contributed by atoms with Crippen LogP contribution >= 0.6 is 0 Å². The fourth-order valence-electron chi connectivity index (χ4n) is 2.59. The summed E-state index contributed by atoms with van der Waals surface area (Å²) in [5.41, 5.74) is 0. The van der Waals surface area contributed by atoms with Crippen LogP contribution < -0.4 is 0 Å². The van der Waals surface area contributed by atoms with Gasteiger partial charge in [-0.05, 0) is 31.0 Å². The average Bonchev–Trinajstić information content (AvgIpc) is 2.46. The molecule has 0 aliphatic heterocycles. The van der Waals surface area contributed by atoms with Crippen LogP contribution in [0.3, 0.4) is 0 Å². The highest BCUT2D eigenvalue weighted by atomic mass is 32.3. The van der Waals surface area contributed by atoms with Crippen molar-refractivity contribution in [2.45, 2.75) is 47.9 Å². The van der Waals surface area contributed by atoms with E-state index in [9.17, 15) is 20.7 Å². The number of rotatable bonds is 4. The Bertz CT molecular complexity index is 709. The molecule has 2 rings (SSSR count). The molecule has 1 aromatic carbocycles. The molecule has 8 heteroatoms. The maximum absolute atomic E-state index is 13.0. The van der Waals surface area contributed by atoms with Crippen molar-refractivity contribution >= 4 is 20.2 Å². The highest BCUT2D eigenvalue weighted by molar-refractivity contribution is 7.89. The van der Waals surface area contributed by atoms with Crippen LogP contribution in [0.25, 0.3) is 0 Å². The zero-order valence-electron chi connectivity index (χ0n) is 11.7. The van der Waals surface area contributed by atoms with Crippen LogP contribution in [0.5, 0.6) is 0 Å². The summed E-state index contributed by atoms with van der Waals surface area (Å²) in [4.78, 5) is -0.838. The number of hydrogen-bond acceptors (Lipinski definition) is 4. The van der Waals surface area contributed by atoms with Crippen molar-refractivity contribution < 1.29 is 20.7 Å². The summed E-state index contributed by atoms with van der Waals surface area (Å²) in [6, 6.07) is 4.32. The first-order valence-corrected chi connectivity index (χ1v) is 9.58. The molecule has 0 atom stereocenters. The molecule has 1 aromatic rings. The fraction of sp³-hybridized carbons (Fsp3) is 0.538. The first-order valence-electron chi connectivity index (χ1n) is 6.76. The molecule has 0 unspecified atom stereocenters. The van der Waals surface area contributed by atoms with E-state index in [4.69, 9.17) is 0 Å². The largest absolute Gasteiger partial charge is 0.332 e. The van der Waals surface area contributed by atoms with Crippen molar-refractivity contribution in [3.05, 3.63) is 24.3 Å². The Kier molecular flexibility index (Phi) is 4.69. The van der Waals surface area contributed by atoms with Crippen LogP contribution in [0.2, 0.25) is 0 Å². The van der Waals surface area contributed by atoms with Crippen LogP contribution in [0, 0.1) is 0 Å². The Morgan fingerprint density at radius 1 is 1.05 bits per heavy atom. The Morgan fingerprint density at radius 3 is 2.19 bits per heavy atom. The third-order valence-electron chi connectivity index (χ3n) is 3.85. The van der Waals surface area contributed by atoms with Crippen LogP contribution in [0.1, 0.15) is 32.1 Å². The van der Waals surface area contributed by atoms with Crippen LogP contribution in [-0.4, -0.2) is 34.2 Å². The molecule has 1 fully saturated rings. The molecule has 1 saturated carbocycles. The topological polar surface area (TPSA) is 71.5 Å². The molecule has 0 bridgehead atoms. The lowest BCUT2D eigenvalue weighted by atomic mass is 9.96. The Balaban J connectivity index is 2.35. The smallest absolute Gasteiger partial charge is 0.207 e. The first kappa shape index (κ1) is 16.4. The van der Waals surface area contributed by atoms with Gasteiger partial charge in [-0.2, -0.15) is 12.7 Å². The molecule has 5 nitrogen and oxygen atoms in total. The zero-order valence-corrected chi connectivity index (χ0v) is 13.3. The van der Waals surface area contributed by atoms with Crippen LogP contribution in [-0.2, 0) is 20.2 Å². The molecular formula is C13H18FNO4S2. The zero-order chi connectivity index (χ0) is 15.7. The minimum atomic E-state index is -4.92. The van der Waals surface area contributed by atoms with E-state index in [-0.39, 0.29) is 10.9 Å². The van der Waals surface area contributed by atoms with Gasteiger partial charge < -0.3 is 0 Å². The third kappa shape index (κ3) is 3.61. The lowest BCUT2D eigenvalue weighted by molar-refractivity contribution is 0.286. The van der Waals surface area contributed by atoms with Crippen molar-refractivity contribution in [3.63, 3.8) is 0 Å². The summed E-state index contributed by atoms with van der Waals surface area (Å²) in [5.74, 6) is 0. The molecule has 0 heterocycles. The van der Waals surface area contributed by atoms with Crippen LogP contribution in [0.4, 0.5) is 3.89 Å². The molecule has 0 spiro atoms. The van der Waals surface area contributed by atoms with Gasteiger partial charge in [0, 0.05) is 13.1 Å². The monoisotopic (exact) mass is 335 g/mol. The summed E-state index contributed by atoms with van der Waals surface area (Å²) >= 11 is 0. The second kappa shape index (κ2) is 6.02. The first-order chi connectivity index (χ1) is 9.73. The number of benzene rings is 1. The van der Waals surface area contributed by atoms with Crippen molar-refractivity contribution in [2.75, 3.05) is 7.05 Å². The summed E-state index contributed by atoms with van der Waals surface area (Å²) in [5, 5.41) is 0. The van der Waals surface area contributed by atoms with E-state index in [1.54, 1.807) is 0 Å². The van der Waals surface area contributed by atoms with Gasteiger partial charge in [0.2, 0.25) is 10.0 Å². The summed E-state index contributed by atoms with van der Waals surface area (Å²) in [7, 11) is -7.25. The van der Waals surface area contributed by atoms with E-state index < -0.39 is 25.1 Å². The number of hydrogen-bond donors (Lipinski definition) is 0. The molecule has 0 saturated heterocycles. The predicted molar refractivity (Wildman–Crippen MR) is 76.6 cm³/mol. The third-order valence-corrected chi connectivity index (χ3v) is 6.58. The Hall–Kier alpha value is -0.990. The van der Waals surface area contributed by atoms with E-state index >= 15 is 0 Å². The standard InChI is InChI=1S/C13H18FNO4S2/c1-15(11-6-3-2-4-7-11)21(18,19)13-9-5-8-12(10-13)20(14,16)17/h5,8-11H,2-4,6-7H2,1H3. The van der Waals surface area contributed by atoms with Gasteiger partial charge >= 0.3 is 10.2 Å². The molecule has 118 valence electrons. The molecule has 0 N–H and O–H groups in total. The molecule has 0 radical (unpaired) electrons. The molecule has 21 heavy (non-hydrogen) atoms. The highest BCUT2D eigenvalue weighted by Crippen LogP contribution is 2.27. The second-order valence-electron chi connectivity index (χ2n) is 5.23. The number of halogens is 1. The number of sulfonamides is 1. The van der Waals surface area contributed by atoms with Gasteiger partial charge in [-0.25, -0.2) is 8.42 Å². The van der Waals surface area contributed by atoms with Crippen molar-refractivity contribution in [3.8, 4) is 0 Å². The summed E-state index contributed by atoms with van der Waals surface area (Å²) < 4.78 is 61.1. The molecular weight excluding hydrogens is 317 g/mol. The van der Waals surface area contributed by atoms with Gasteiger partial charge in [0.15, 0.2) is 0 Å². The van der Waals surface area contributed by atoms with Crippen molar-refractivity contribution in [1.82, 2.24) is 4.31 Å². The minimum Gasteiger partial charge on any atom is -0.207 e. The Labute approximate surface area is 125 Å². The SMILES string of the molecule is CN(C1CCCCC1)S(=O)(=O)c1cccc(S(=O)(=O)F)c1. The summed E-state index contributed by atoms with van der Waals surface area (Å²) in [6.45, 7) is 0. The second-order valence-corrected chi connectivity index (χ2v) is 8.57. The van der Waals surface area contributed by atoms with E-state index in [2.05, 4.69) is 0 Å². The minimum absolute atomic E-state index is 0.0885. The maximum Gasteiger partial charge on any atom is 0.332 e. The van der Waals surface area contributed by atoms with E-state index in [1.165, 1.54) is 23.5 Å². The quantitative estimate of drug-likeness (QED) is 0.792. The molecule has 1 aliphatic carbocycles. The van der Waals surface area contributed by atoms with E-state index in [0.717, 1.165) is 44.2 Å². The summed E-state index contributed by atoms with van der Waals surface area (Å²) in [6.07, 6.45) is 4.63. The molecule has 1 aliphatic rings. The van der Waals surface area contributed by atoms with Gasteiger partial charge in [-0.3, -0.25) is 0 Å². The van der Waals surface area contributed by atoms with Crippen molar-refractivity contribution in [2.24, 2.45) is 0 Å². The van der Waals surface area contributed by atoms with Gasteiger partial charge in [0.25, 0.3) is 0 Å². The lowest BCUT2D eigenvalue weighted by Gasteiger charge is -2.30. The predicted octanol–water partition coefficient (Wildman–Crippen LogP) is 2.30. The Morgan fingerprint density at radius 2 is 1.62 bits per heavy atom.